The second-order valence-corrected chi connectivity index (χ2v) is 7.70. The van der Waals surface area contributed by atoms with Crippen LogP contribution in [0, 0.1) is 22.0 Å². The number of carbonyl (C=O) groups excluding carboxylic acids is 1. The molecular formula is C17H18N2O3S. The molecule has 0 amide bonds. The summed E-state index contributed by atoms with van der Waals surface area (Å²) in [6.45, 7) is 3.41. The molecule has 0 radical (unpaired) electrons. The minimum Gasteiger partial charge on any atom is -0.303 e. The average molecular weight is 330 g/mol. The van der Waals surface area contributed by atoms with Crippen LogP contribution in [-0.2, 0) is 0 Å². The first-order chi connectivity index (χ1) is 11.1. The summed E-state index contributed by atoms with van der Waals surface area (Å²) in [7, 11) is 0. The zero-order valence-corrected chi connectivity index (χ0v) is 13.6. The molecule has 1 aromatic heterocycles. The maximum atomic E-state index is 12.6. The molecule has 3 saturated heterocycles. The fourth-order valence-corrected chi connectivity index (χ4v) is 4.93. The van der Waals surface area contributed by atoms with Crippen LogP contribution in [0.15, 0.2) is 24.3 Å². The first-order valence-electron chi connectivity index (χ1n) is 8.04. The highest BCUT2D eigenvalue weighted by Gasteiger charge is 2.35. The topological polar surface area (TPSA) is 63.5 Å². The summed E-state index contributed by atoms with van der Waals surface area (Å²) in [5, 5.41) is 11.7. The maximum absolute atomic E-state index is 12.6. The van der Waals surface area contributed by atoms with E-state index >= 15 is 0 Å². The third-order valence-electron chi connectivity index (χ3n) is 5.22. The Hall–Kier alpha value is -1.79. The third-order valence-corrected chi connectivity index (χ3v) is 6.38. The lowest BCUT2D eigenvalue weighted by Crippen LogP contribution is -2.47. The van der Waals surface area contributed by atoms with Crippen molar-refractivity contribution in [2.24, 2.45) is 11.8 Å². The second-order valence-electron chi connectivity index (χ2n) is 6.62. The molecule has 120 valence electrons. The van der Waals surface area contributed by atoms with Gasteiger partial charge in [-0.05, 0) is 55.3 Å². The van der Waals surface area contributed by atoms with Gasteiger partial charge in [-0.2, -0.15) is 0 Å². The first kappa shape index (κ1) is 14.8. The number of Topliss-reactive ketones (excluding diaryl/α,β-unsaturated/α-hetero) is 1. The Morgan fingerprint density at radius 3 is 2.74 bits per heavy atom. The molecule has 5 nitrogen and oxygen atoms in total. The van der Waals surface area contributed by atoms with E-state index in [0.29, 0.717) is 18.3 Å². The summed E-state index contributed by atoms with van der Waals surface area (Å²) in [6, 6.07) is 6.61. The molecule has 6 heteroatoms. The molecule has 3 aliphatic heterocycles. The van der Waals surface area contributed by atoms with Gasteiger partial charge in [-0.15, -0.1) is 11.3 Å². The Balaban J connectivity index is 1.54. The van der Waals surface area contributed by atoms with Crippen molar-refractivity contribution in [2.45, 2.75) is 19.3 Å². The van der Waals surface area contributed by atoms with Gasteiger partial charge in [0.2, 0.25) is 0 Å². The minimum atomic E-state index is -0.397. The molecule has 5 rings (SSSR count). The number of carbonyl (C=O) groups is 1. The second kappa shape index (κ2) is 5.69. The van der Waals surface area contributed by atoms with Crippen LogP contribution in [0.4, 0.5) is 5.69 Å². The number of benzene rings is 1. The van der Waals surface area contributed by atoms with Gasteiger partial charge in [0, 0.05) is 29.8 Å². The number of nitro groups is 1. The third kappa shape index (κ3) is 2.77. The monoisotopic (exact) mass is 330 g/mol. The minimum absolute atomic E-state index is 0.0756. The fourth-order valence-electron chi connectivity index (χ4n) is 3.94. The van der Waals surface area contributed by atoms with Crippen LogP contribution in [-0.4, -0.2) is 35.2 Å². The number of nitrogens with zero attached hydrogens (tertiary/aromatic N) is 2. The SMILES string of the molecule is O=C(C[C@H]1CN2CCC1CC2)c1cc2cc([N+](=O)[O-])ccc2s1. The van der Waals surface area contributed by atoms with Crippen molar-refractivity contribution in [1.29, 1.82) is 0 Å². The number of ketones is 1. The van der Waals surface area contributed by atoms with Crippen LogP contribution >= 0.6 is 11.3 Å². The summed E-state index contributed by atoms with van der Waals surface area (Å²) in [5.74, 6) is 1.36. The maximum Gasteiger partial charge on any atom is 0.270 e. The summed E-state index contributed by atoms with van der Waals surface area (Å²) in [4.78, 5) is 26.3. The lowest BCUT2D eigenvalue weighted by atomic mass is 9.76. The van der Waals surface area contributed by atoms with E-state index in [0.717, 1.165) is 21.5 Å². The van der Waals surface area contributed by atoms with E-state index in [2.05, 4.69) is 4.90 Å². The van der Waals surface area contributed by atoms with E-state index in [-0.39, 0.29) is 11.5 Å². The Labute approximate surface area is 138 Å². The molecule has 3 fully saturated rings. The molecule has 0 saturated carbocycles. The molecule has 2 bridgehead atoms. The summed E-state index contributed by atoms with van der Waals surface area (Å²) in [6.07, 6.45) is 3.04. The lowest BCUT2D eigenvalue weighted by molar-refractivity contribution is -0.384. The van der Waals surface area contributed by atoms with Gasteiger partial charge in [-0.1, -0.05) is 0 Å². The van der Waals surface area contributed by atoms with Crippen LogP contribution < -0.4 is 0 Å². The molecule has 1 aromatic carbocycles. The number of non-ortho nitro benzene ring substituents is 1. The molecule has 0 unspecified atom stereocenters. The van der Waals surface area contributed by atoms with Gasteiger partial charge in [0.15, 0.2) is 5.78 Å². The fraction of sp³-hybridized carbons (Fsp3) is 0.471. The first-order valence-corrected chi connectivity index (χ1v) is 8.85. The molecule has 23 heavy (non-hydrogen) atoms. The standard InChI is InChI=1S/C17H18N2O3S/c20-15(8-13-10-18-5-3-11(13)4-6-18)17-9-12-7-14(19(21)22)1-2-16(12)23-17/h1-2,7,9,11,13H,3-6,8,10H2/t13-/m0/s1. The van der Waals surface area contributed by atoms with Crippen LogP contribution in [0.25, 0.3) is 10.1 Å². The quantitative estimate of drug-likeness (QED) is 0.487. The van der Waals surface area contributed by atoms with E-state index in [9.17, 15) is 14.9 Å². The van der Waals surface area contributed by atoms with Crippen molar-refractivity contribution in [3.05, 3.63) is 39.3 Å². The summed E-state index contributed by atoms with van der Waals surface area (Å²) >= 11 is 1.45. The van der Waals surface area contributed by atoms with Crippen molar-refractivity contribution in [3.63, 3.8) is 0 Å². The number of nitro benzene ring substituents is 1. The van der Waals surface area contributed by atoms with E-state index in [1.54, 1.807) is 12.1 Å². The predicted molar refractivity (Wildman–Crippen MR) is 90.1 cm³/mol. The highest BCUT2D eigenvalue weighted by Crippen LogP contribution is 2.36. The van der Waals surface area contributed by atoms with E-state index in [1.807, 2.05) is 6.07 Å². The molecule has 4 heterocycles. The molecule has 0 N–H and O–H groups in total. The highest BCUT2D eigenvalue weighted by atomic mass is 32.1. The Bertz CT molecular complexity index is 777. The van der Waals surface area contributed by atoms with E-state index in [4.69, 9.17) is 0 Å². The van der Waals surface area contributed by atoms with Crippen molar-refractivity contribution in [3.8, 4) is 0 Å². The Morgan fingerprint density at radius 1 is 1.30 bits per heavy atom. The Kier molecular flexibility index (Phi) is 3.66. The number of hydrogen-bond acceptors (Lipinski definition) is 5. The number of fused-ring (bicyclic) bond motifs is 4. The van der Waals surface area contributed by atoms with Gasteiger partial charge < -0.3 is 4.90 Å². The number of piperidine rings is 3. The van der Waals surface area contributed by atoms with Gasteiger partial charge >= 0.3 is 0 Å². The smallest absolute Gasteiger partial charge is 0.270 e. The van der Waals surface area contributed by atoms with Crippen LogP contribution in [0.2, 0.25) is 0 Å². The number of thiophene rings is 1. The zero-order chi connectivity index (χ0) is 16.0. The van der Waals surface area contributed by atoms with Crippen molar-refractivity contribution in [1.82, 2.24) is 4.90 Å². The highest BCUT2D eigenvalue weighted by molar-refractivity contribution is 7.20. The van der Waals surface area contributed by atoms with Crippen molar-refractivity contribution < 1.29 is 9.72 Å². The molecule has 0 spiro atoms. The van der Waals surface area contributed by atoms with Gasteiger partial charge in [-0.3, -0.25) is 14.9 Å². The summed E-state index contributed by atoms with van der Waals surface area (Å²) in [5.41, 5.74) is 0.0756. The average Bonchev–Trinajstić information content (AvgIpc) is 2.99. The van der Waals surface area contributed by atoms with Gasteiger partial charge in [0.1, 0.15) is 0 Å². The molecule has 3 aliphatic rings. The molecular weight excluding hydrogens is 312 g/mol. The molecule has 1 atom stereocenters. The van der Waals surface area contributed by atoms with Crippen molar-refractivity contribution in [2.75, 3.05) is 19.6 Å². The van der Waals surface area contributed by atoms with E-state index in [1.165, 1.54) is 43.3 Å². The normalized spacial score (nSPS) is 26.5. The van der Waals surface area contributed by atoms with Gasteiger partial charge in [0.25, 0.3) is 5.69 Å². The predicted octanol–water partition coefficient (Wildman–Crippen LogP) is 3.72. The summed E-state index contributed by atoms with van der Waals surface area (Å²) < 4.78 is 0.938. The number of hydrogen-bond donors (Lipinski definition) is 0. The largest absolute Gasteiger partial charge is 0.303 e. The van der Waals surface area contributed by atoms with Gasteiger partial charge in [-0.25, -0.2) is 0 Å². The van der Waals surface area contributed by atoms with Gasteiger partial charge in [0.05, 0.1) is 9.80 Å². The molecule has 0 aliphatic carbocycles. The zero-order valence-electron chi connectivity index (χ0n) is 12.7. The van der Waals surface area contributed by atoms with Crippen LogP contribution in [0.5, 0.6) is 0 Å². The van der Waals surface area contributed by atoms with E-state index < -0.39 is 4.92 Å². The molecule has 2 aromatic rings. The van der Waals surface area contributed by atoms with Crippen LogP contribution in [0.1, 0.15) is 28.9 Å². The van der Waals surface area contributed by atoms with Crippen molar-refractivity contribution >= 4 is 32.9 Å². The number of rotatable bonds is 4. The van der Waals surface area contributed by atoms with Crippen LogP contribution in [0.3, 0.4) is 0 Å². The lowest BCUT2D eigenvalue weighted by Gasteiger charge is -2.44. The Morgan fingerprint density at radius 2 is 2.09 bits per heavy atom.